The Hall–Kier alpha value is -1.35. The molecule has 158 valence electrons. The van der Waals surface area contributed by atoms with Crippen molar-refractivity contribution in [1.82, 2.24) is 25.5 Å². The molecule has 2 unspecified atom stereocenters. The molecule has 0 bridgehead atoms. The number of hydrogen-bond donors (Lipinski definition) is 1. The van der Waals surface area contributed by atoms with Gasteiger partial charge in [0.1, 0.15) is 0 Å². The van der Waals surface area contributed by atoms with E-state index in [0.717, 1.165) is 37.9 Å². The molecular weight excluding hydrogens is 433 g/mol. The van der Waals surface area contributed by atoms with E-state index in [1.807, 2.05) is 12.1 Å². The average Bonchev–Trinajstić information content (AvgIpc) is 3.36. The van der Waals surface area contributed by atoms with Crippen LogP contribution >= 0.6 is 35.0 Å². The van der Waals surface area contributed by atoms with Crippen LogP contribution in [0.1, 0.15) is 44.1 Å². The van der Waals surface area contributed by atoms with E-state index in [9.17, 15) is 4.79 Å². The van der Waals surface area contributed by atoms with Crippen LogP contribution in [0.15, 0.2) is 23.4 Å². The summed E-state index contributed by atoms with van der Waals surface area (Å²) in [4.78, 5) is 12.4. The molecule has 2 heterocycles. The van der Waals surface area contributed by atoms with E-state index >= 15 is 0 Å². The highest BCUT2D eigenvalue weighted by molar-refractivity contribution is 7.99. The Bertz CT molecular complexity index is 814. The Morgan fingerprint density at radius 3 is 3.03 bits per heavy atom. The summed E-state index contributed by atoms with van der Waals surface area (Å²) in [5, 5.41) is 16.6. The maximum Gasteiger partial charge on any atom is 0.230 e. The summed E-state index contributed by atoms with van der Waals surface area (Å²) < 4.78 is 7.34. The van der Waals surface area contributed by atoms with Crippen LogP contribution in [0.25, 0.3) is 0 Å². The normalized spacial score (nSPS) is 17.4. The standard InChI is InChI=1S/C19H25Cl2N5O2S/c1-2-4-13(16-7-6-14(20)9-17(16)21)10-22-18(27)12-29-19-23-24-25-26(19)11-15-5-3-8-28-15/h6-7,9,13,15H,2-5,8,10-12H2,1H3,(H,22,27). The number of hydrogen-bond acceptors (Lipinski definition) is 6. The Morgan fingerprint density at radius 2 is 2.31 bits per heavy atom. The van der Waals surface area contributed by atoms with Crippen molar-refractivity contribution in [3.05, 3.63) is 33.8 Å². The molecule has 1 aliphatic heterocycles. The first-order chi connectivity index (χ1) is 14.1. The van der Waals surface area contributed by atoms with Crippen molar-refractivity contribution in [2.24, 2.45) is 0 Å². The van der Waals surface area contributed by atoms with E-state index in [-0.39, 0.29) is 23.7 Å². The Kier molecular flexibility index (Phi) is 8.59. The van der Waals surface area contributed by atoms with E-state index in [2.05, 4.69) is 27.8 Å². The molecule has 2 aromatic rings. The second-order valence-electron chi connectivity index (χ2n) is 7.02. The van der Waals surface area contributed by atoms with Crippen LogP contribution in [-0.4, -0.2) is 51.1 Å². The van der Waals surface area contributed by atoms with Gasteiger partial charge in [0.05, 0.1) is 18.4 Å². The van der Waals surface area contributed by atoms with Crippen LogP contribution in [-0.2, 0) is 16.1 Å². The Balaban J connectivity index is 1.50. The van der Waals surface area contributed by atoms with Gasteiger partial charge in [-0.15, -0.1) is 5.10 Å². The fourth-order valence-corrected chi connectivity index (χ4v) is 4.64. The maximum atomic E-state index is 12.4. The topological polar surface area (TPSA) is 81.9 Å². The lowest BCUT2D eigenvalue weighted by Gasteiger charge is -2.19. The van der Waals surface area contributed by atoms with Crippen LogP contribution < -0.4 is 5.32 Å². The van der Waals surface area contributed by atoms with Crippen molar-refractivity contribution < 1.29 is 9.53 Å². The van der Waals surface area contributed by atoms with E-state index in [1.54, 1.807) is 10.7 Å². The molecule has 29 heavy (non-hydrogen) atoms. The minimum atomic E-state index is -0.0622. The van der Waals surface area contributed by atoms with Gasteiger partial charge in [0, 0.05) is 29.1 Å². The van der Waals surface area contributed by atoms with Crippen molar-refractivity contribution in [2.45, 2.75) is 56.3 Å². The SMILES string of the molecule is CCCC(CNC(=O)CSc1nnnn1CC1CCCO1)c1ccc(Cl)cc1Cl. The van der Waals surface area contributed by atoms with E-state index in [4.69, 9.17) is 27.9 Å². The summed E-state index contributed by atoms with van der Waals surface area (Å²) in [6.07, 6.45) is 4.14. The van der Waals surface area contributed by atoms with Crippen LogP contribution in [0.3, 0.4) is 0 Å². The third kappa shape index (κ3) is 6.57. The summed E-state index contributed by atoms with van der Waals surface area (Å²) in [6, 6.07) is 5.51. The number of carbonyl (C=O) groups is 1. The first kappa shape index (κ1) is 22.3. The smallest absolute Gasteiger partial charge is 0.230 e. The number of amides is 1. The largest absolute Gasteiger partial charge is 0.376 e. The molecule has 1 fully saturated rings. The number of rotatable bonds is 10. The molecule has 1 N–H and O–H groups in total. The molecule has 1 aliphatic rings. The summed E-state index contributed by atoms with van der Waals surface area (Å²) in [5.74, 6) is 0.329. The van der Waals surface area contributed by atoms with E-state index < -0.39 is 0 Å². The minimum Gasteiger partial charge on any atom is -0.376 e. The molecule has 10 heteroatoms. The van der Waals surface area contributed by atoms with Gasteiger partial charge in [0.25, 0.3) is 0 Å². The van der Waals surface area contributed by atoms with Gasteiger partial charge in [-0.2, -0.15) is 0 Å². The summed E-state index contributed by atoms with van der Waals surface area (Å²) in [5.41, 5.74) is 1.01. The highest BCUT2D eigenvalue weighted by Crippen LogP contribution is 2.30. The zero-order valence-corrected chi connectivity index (χ0v) is 18.6. The summed E-state index contributed by atoms with van der Waals surface area (Å²) >= 11 is 13.7. The number of ether oxygens (including phenoxy) is 1. The quantitative estimate of drug-likeness (QED) is 0.543. The molecule has 0 saturated carbocycles. The zero-order chi connectivity index (χ0) is 20.6. The Morgan fingerprint density at radius 1 is 1.45 bits per heavy atom. The lowest BCUT2D eigenvalue weighted by molar-refractivity contribution is -0.118. The van der Waals surface area contributed by atoms with Gasteiger partial charge < -0.3 is 10.1 Å². The number of nitrogens with one attached hydrogen (secondary N) is 1. The maximum absolute atomic E-state index is 12.4. The molecule has 0 aliphatic carbocycles. The third-order valence-electron chi connectivity index (χ3n) is 4.82. The molecule has 1 aromatic carbocycles. The lowest BCUT2D eigenvalue weighted by atomic mass is 9.94. The van der Waals surface area contributed by atoms with Crippen molar-refractivity contribution in [1.29, 1.82) is 0 Å². The molecule has 1 saturated heterocycles. The molecule has 0 spiro atoms. The molecule has 1 amide bonds. The second kappa shape index (κ2) is 11.2. The van der Waals surface area contributed by atoms with Gasteiger partial charge in [-0.1, -0.05) is 54.4 Å². The predicted molar refractivity (Wildman–Crippen MR) is 115 cm³/mol. The summed E-state index contributed by atoms with van der Waals surface area (Å²) in [7, 11) is 0. The fraction of sp³-hybridized carbons (Fsp3) is 0.579. The minimum absolute atomic E-state index is 0.0622. The van der Waals surface area contributed by atoms with Gasteiger partial charge in [0.2, 0.25) is 11.1 Å². The molecule has 7 nitrogen and oxygen atoms in total. The average molecular weight is 458 g/mol. The highest BCUT2D eigenvalue weighted by atomic mass is 35.5. The van der Waals surface area contributed by atoms with Gasteiger partial charge in [-0.3, -0.25) is 4.79 Å². The van der Waals surface area contributed by atoms with Crippen molar-refractivity contribution in [3.8, 4) is 0 Å². The third-order valence-corrected chi connectivity index (χ3v) is 6.34. The number of thioether (sulfide) groups is 1. The zero-order valence-electron chi connectivity index (χ0n) is 16.3. The van der Waals surface area contributed by atoms with Crippen LogP contribution in [0.5, 0.6) is 0 Å². The lowest BCUT2D eigenvalue weighted by Crippen LogP contribution is -2.30. The number of nitrogens with zero attached hydrogens (tertiary/aromatic N) is 4. The first-order valence-electron chi connectivity index (χ1n) is 9.79. The second-order valence-corrected chi connectivity index (χ2v) is 8.81. The van der Waals surface area contributed by atoms with Crippen LogP contribution in [0.4, 0.5) is 0 Å². The van der Waals surface area contributed by atoms with Gasteiger partial charge in [0.15, 0.2) is 0 Å². The van der Waals surface area contributed by atoms with Crippen molar-refractivity contribution >= 4 is 40.9 Å². The number of benzene rings is 1. The Labute approximate surface area is 184 Å². The molecule has 1 aromatic heterocycles. The van der Waals surface area contributed by atoms with Crippen molar-refractivity contribution in [2.75, 3.05) is 18.9 Å². The number of aromatic nitrogens is 4. The number of carbonyl (C=O) groups excluding carboxylic acids is 1. The van der Waals surface area contributed by atoms with E-state index in [1.165, 1.54) is 11.8 Å². The highest BCUT2D eigenvalue weighted by Gasteiger charge is 2.20. The number of halogens is 2. The summed E-state index contributed by atoms with van der Waals surface area (Å²) in [6.45, 7) is 4.04. The van der Waals surface area contributed by atoms with Crippen LogP contribution in [0, 0.1) is 0 Å². The van der Waals surface area contributed by atoms with Gasteiger partial charge >= 0.3 is 0 Å². The predicted octanol–water partition coefficient (Wildman–Crippen LogP) is 3.95. The van der Waals surface area contributed by atoms with Crippen LogP contribution in [0.2, 0.25) is 10.0 Å². The number of tetrazole rings is 1. The van der Waals surface area contributed by atoms with E-state index in [0.29, 0.717) is 28.3 Å². The van der Waals surface area contributed by atoms with Crippen molar-refractivity contribution in [3.63, 3.8) is 0 Å². The molecule has 0 radical (unpaired) electrons. The molecule has 3 rings (SSSR count). The molecular formula is C19H25Cl2N5O2S. The van der Waals surface area contributed by atoms with Gasteiger partial charge in [-0.25, -0.2) is 4.68 Å². The first-order valence-corrected chi connectivity index (χ1v) is 11.5. The monoisotopic (exact) mass is 457 g/mol. The fourth-order valence-electron chi connectivity index (χ4n) is 3.36. The van der Waals surface area contributed by atoms with Gasteiger partial charge in [-0.05, 0) is 47.4 Å². The molecule has 2 atom stereocenters.